The Balaban J connectivity index is 1.60. The highest BCUT2D eigenvalue weighted by Gasteiger charge is 2.39. The van der Waals surface area contributed by atoms with Crippen molar-refractivity contribution >= 4 is 5.91 Å². The van der Waals surface area contributed by atoms with E-state index < -0.39 is 5.82 Å². The van der Waals surface area contributed by atoms with Gasteiger partial charge in [-0.15, -0.1) is 0 Å². The Bertz CT molecular complexity index is 919. The van der Waals surface area contributed by atoms with Gasteiger partial charge < -0.3 is 14.8 Å². The number of fused-ring (bicyclic) bond motifs is 4. The number of likely N-dealkylation sites (tertiary alicyclic amines) is 1. The zero-order valence-corrected chi connectivity index (χ0v) is 15.6. The van der Waals surface area contributed by atoms with Crippen LogP contribution in [0.4, 0.5) is 4.39 Å². The van der Waals surface area contributed by atoms with Crippen molar-refractivity contribution in [3.05, 3.63) is 69.4 Å². The Morgan fingerprint density at radius 2 is 2.07 bits per heavy atom. The van der Waals surface area contributed by atoms with Gasteiger partial charge in [0.2, 0.25) is 0 Å². The van der Waals surface area contributed by atoms with E-state index in [4.69, 9.17) is 0 Å². The Hall–Kier alpha value is -2.47. The molecule has 2 aliphatic rings. The van der Waals surface area contributed by atoms with Crippen LogP contribution in [0.1, 0.15) is 40.0 Å². The van der Waals surface area contributed by atoms with Crippen molar-refractivity contribution < 1.29 is 9.18 Å². The largest absolute Gasteiger partial charge is 0.350 e. The maximum absolute atomic E-state index is 13.6. The molecule has 6 heteroatoms. The molecule has 0 saturated carbocycles. The molecule has 1 aromatic heterocycles. The van der Waals surface area contributed by atoms with E-state index in [1.807, 2.05) is 16.7 Å². The normalized spacial score (nSPS) is 24.3. The average Bonchev–Trinajstić information content (AvgIpc) is 2.60. The van der Waals surface area contributed by atoms with Crippen molar-refractivity contribution in [3.8, 4) is 0 Å². The molecule has 3 atom stereocenters. The molecule has 0 unspecified atom stereocenters. The standard InChI is InChI=1S/C21H24FN3O2/c1-13-6-14(9-17(22)7-13)21(27)23-10-19-16-8-15(11-24(2)12-16)18-4-3-5-20(26)25(18)19/h3-7,9,15-16,19H,8,10-12H2,1-2H3,(H,23,27)/t15-,16+,19+/m1/s1. The molecule has 27 heavy (non-hydrogen) atoms. The molecular weight excluding hydrogens is 345 g/mol. The van der Waals surface area contributed by atoms with Crippen LogP contribution in [0, 0.1) is 18.7 Å². The minimum atomic E-state index is -0.420. The van der Waals surface area contributed by atoms with E-state index in [1.165, 1.54) is 12.1 Å². The highest BCUT2D eigenvalue weighted by Crippen LogP contribution is 2.40. The van der Waals surface area contributed by atoms with E-state index in [-0.39, 0.29) is 17.5 Å². The number of amides is 1. The maximum Gasteiger partial charge on any atom is 0.251 e. The van der Waals surface area contributed by atoms with Gasteiger partial charge in [0.25, 0.3) is 11.5 Å². The highest BCUT2D eigenvalue weighted by atomic mass is 19.1. The van der Waals surface area contributed by atoms with Gasteiger partial charge in [0.05, 0.1) is 6.04 Å². The van der Waals surface area contributed by atoms with Gasteiger partial charge in [-0.1, -0.05) is 6.07 Å². The number of nitrogens with one attached hydrogen (secondary N) is 1. The molecule has 142 valence electrons. The number of carbonyl (C=O) groups is 1. The smallest absolute Gasteiger partial charge is 0.251 e. The van der Waals surface area contributed by atoms with Crippen molar-refractivity contribution in [1.82, 2.24) is 14.8 Å². The lowest BCUT2D eigenvalue weighted by atomic mass is 9.78. The molecule has 2 aliphatic heterocycles. The molecule has 2 aromatic rings. The fourth-order valence-corrected chi connectivity index (χ4v) is 4.70. The van der Waals surface area contributed by atoms with Crippen molar-refractivity contribution in [3.63, 3.8) is 0 Å². The van der Waals surface area contributed by atoms with Crippen LogP contribution in [-0.2, 0) is 0 Å². The third-order valence-corrected chi connectivity index (χ3v) is 5.76. The van der Waals surface area contributed by atoms with Crippen molar-refractivity contribution in [2.45, 2.75) is 25.3 Å². The Kier molecular flexibility index (Phi) is 4.60. The molecule has 2 bridgehead atoms. The molecule has 4 rings (SSSR count). The van der Waals surface area contributed by atoms with Gasteiger partial charge in [-0.2, -0.15) is 0 Å². The molecule has 0 radical (unpaired) electrons. The molecule has 1 saturated heterocycles. The number of halogens is 1. The van der Waals surface area contributed by atoms with E-state index in [2.05, 4.69) is 17.3 Å². The van der Waals surface area contributed by atoms with Crippen molar-refractivity contribution in [2.24, 2.45) is 5.92 Å². The van der Waals surface area contributed by atoms with Gasteiger partial charge in [-0.25, -0.2) is 4.39 Å². The third-order valence-electron chi connectivity index (χ3n) is 5.76. The summed E-state index contributed by atoms with van der Waals surface area (Å²) in [5, 5.41) is 2.93. The molecule has 1 amide bonds. The number of piperidine rings is 1. The van der Waals surface area contributed by atoms with Gasteiger partial charge >= 0.3 is 0 Å². The van der Waals surface area contributed by atoms with Crippen molar-refractivity contribution in [1.29, 1.82) is 0 Å². The van der Waals surface area contributed by atoms with Crippen LogP contribution in [0.15, 0.2) is 41.2 Å². The molecule has 0 spiro atoms. The molecule has 0 aliphatic carbocycles. The highest BCUT2D eigenvalue weighted by molar-refractivity contribution is 5.94. The summed E-state index contributed by atoms with van der Waals surface area (Å²) in [5.41, 5.74) is 2.04. The van der Waals surface area contributed by atoms with E-state index in [9.17, 15) is 14.0 Å². The monoisotopic (exact) mass is 369 g/mol. The second-order valence-electron chi connectivity index (χ2n) is 7.87. The van der Waals surface area contributed by atoms with Crippen molar-refractivity contribution in [2.75, 3.05) is 26.7 Å². The molecule has 1 fully saturated rings. The summed E-state index contributed by atoms with van der Waals surface area (Å²) in [7, 11) is 2.10. The Morgan fingerprint density at radius 1 is 1.26 bits per heavy atom. The second-order valence-corrected chi connectivity index (χ2v) is 7.87. The quantitative estimate of drug-likeness (QED) is 0.903. The molecule has 3 heterocycles. The lowest BCUT2D eigenvalue weighted by Crippen LogP contribution is -2.51. The first-order chi connectivity index (χ1) is 12.9. The first-order valence-electron chi connectivity index (χ1n) is 9.38. The van der Waals surface area contributed by atoms with Gasteiger partial charge in [0, 0.05) is 42.9 Å². The van der Waals surface area contributed by atoms with E-state index >= 15 is 0 Å². The van der Waals surface area contributed by atoms with Gasteiger partial charge in [0.1, 0.15) is 5.82 Å². The SMILES string of the molecule is Cc1cc(F)cc(C(=O)NC[C@H]2[C@H]3C[C@H](CN(C)C3)c3cccc(=O)n32)c1. The summed E-state index contributed by atoms with van der Waals surface area (Å²) in [6.45, 7) is 3.96. The summed E-state index contributed by atoms with van der Waals surface area (Å²) >= 11 is 0. The van der Waals surface area contributed by atoms with Crippen LogP contribution < -0.4 is 10.9 Å². The number of hydrogen-bond donors (Lipinski definition) is 1. The Morgan fingerprint density at radius 3 is 2.85 bits per heavy atom. The minimum Gasteiger partial charge on any atom is -0.350 e. The maximum atomic E-state index is 13.6. The number of pyridine rings is 1. The number of carbonyl (C=O) groups excluding carboxylic acids is 1. The molecule has 1 N–H and O–H groups in total. The topological polar surface area (TPSA) is 54.3 Å². The van der Waals surface area contributed by atoms with Crippen LogP contribution >= 0.6 is 0 Å². The van der Waals surface area contributed by atoms with Crippen LogP contribution in [0.5, 0.6) is 0 Å². The first kappa shape index (κ1) is 17.9. The second kappa shape index (κ2) is 6.93. The molecule has 5 nitrogen and oxygen atoms in total. The minimum absolute atomic E-state index is 0.0207. The number of nitrogens with zero attached hydrogens (tertiary/aromatic N) is 2. The van der Waals surface area contributed by atoms with Crippen LogP contribution in [0.2, 0.25) is 0 Å². The van der Waals surface area contributed by atoms with E-state index in [0.29, 0.717) is 29.5 Å². The summed E-state index contributed by atoms with van der Waals surface area (Å²) in [6.07, 6.45) is 1.02. The summed E-state index contributed by atoms with van der Waals surface area (Å²) < 4.78 is 15.5. The van der Waals surface area contributed by atoms with E-state index in [1.54, 1.807) is 19.1 Å². The van der Waals surface area contributed by atoms with E-state index in [0.717, 1.165) is 25.2 Å². The lowest BCUT2D eigenvalue weighted by Gasteiger charge is -2.46. The summed E-state index contributed by atoms with van der Waals surface area (Å²) in [5.74, 6) is -0.0816. The fraction of sp³-hybridized carbons (Fsp3) is 0.429. The zero-order chi connectivity index (χ0) is 19.1. The third kappa shape index (κ3) is 3.41. The summed E-state index contributed by atoms with van der Waals surface area (Å²) in [4.78, 5) is 27.4. The number of hydrogen-bond acceptors (Lipinski definition) is 3. The Labute approximate surface area is 157 Å². The molecule has 1 aromatic carbocycles. The zero-order valence-electron chi connectivity index (χ0n) is 15.6. The number of likely N-dealkylation sites (N-methyl/N-ethyl adjacent to an activating group) is 1. The van der Waals surface area contributed by atoms with Gasteiger partial charge in [-0.3, -0.25) is 9.59 Å². The predicted molar refractivity (Wildman–Crippen MR) is 102 cm³/mol. The van der Waals surface area contributed by atoms with Gasteiger partial charge in [0.15, 0.2) is 0 Å². The van der Waals surface area contributed by atoms with Gasteiger partial charge in [-0.05, 0) is 56.1 Å². The predicted octanol–water partition coefficient (Wildman–Crippen LogP) is 2.32. The number of rotatable bonds is 3. The first-order valence-corrected chi connectivity index (χ1v) is 9.38. The van der Waals surface area contributed by atoms with Crippen LogP contribution in [-0.4, -0.2) is 42.1 Å². The van der Waals surface area contributed by atoms with Crippen LogP contribution in [0.3, 0.4) is 0 Å². The van der Waals surface area contributed by atoms with Crippen LogP contribution in [0.25, 0.3) is 0 Å². The summed E-state index contributed by atoms with van der Waals surface area (Å²) in [6, 6.07) is 9.63. The fourth-order valence-electron chi connectivity index (χ4n) is 4.70. The number of benzene rings is 1. The lowest BCUT2D eigenvalue weighted by molar-refractivity contribution is 0.0885. The number of aromatic nitrogens is 1. The number of aryl methyl sites for hydroxylation is 1. The average molecular weight is 369 g/mol. The molecular formula is C21H24FN3O2.